The minimum Gasteiger partial charge on any atom is -0.390 e. The average Bonchev–Trinajstić information content (AvgIpc) is 2.48. The van der Waals surface area contributed by atoms with Crippen LogP contribution >= 0.6 is 15.9 Å². The van der Waals surface area contributed by atoms with Crippen LogP contribution in [0.3, 0.4) is 0 Å². The molecule has 0 spiro atoms. The Hall–Kier alpha value is -0.750. The van der Waals surface area contributed by atoms with E-state index in [9.17, 15) is 18.3 Å². The summed E-state index contributed by atoms with van der Waals surface area (Å²) in [6.07, 6.45) is -2.61. The molecule has 1 fully saturated rings. The van der Waals surface area contributed by atoms with Crippen molar-refractivity contribution in [3.05, 3.63) is 28.2 Å². The molecule has 1 aliphatic rings. The normalized spacial score (nSPS) is 24.6. The minimum absolute atomic E-state index is 0.185. The Morgan fingerprint density at radius 1 is 1.25 bits per heavy atom. The molecular formula is C14H17BrF3NO. The second-order valence-corrected chi connectivity index (χ2v) is 6.41. The summed E-state index contributed by atoms with van der Waals surface area (Å²) in [7, 11) is 0. The molecule has 0 bridgehead atoms. The Labute approximate surface area is 124 Å². The lowest BCUT2D eigenvalue weighted by Gasteiger charge is -2.27. The van der Waals surface area contributed by atoms with Crippen LogP contribution in [0.2, 0.25) is 0 Å². The minimum atomic E-state index is -4.37. The molecule has 0 amide bonds. The van der Waals surface area contributed by atoms with E-state index < -0.39 is 17.3 Å². The Balaban J connectivity index is 2.34. The van der Waals surface area contributed by atoms with Crippen LogP contribution in [0.4, 0.5) is 18.9 Å². The summed E-state index contributed by atoms with van der Waals surface area (Å²) in [5, 5.41) is 10.0. The predicted octanol–water partition coefficient (Wildman–Crippen LogP) is 4.21. The highest BCUT2D eigenvalue weighted by Gasteiger charge is 2.36. The first kappa shape index (κ1) is 15.6. The fourth-order valence-corrected chi connectivity index (χ4v) is 2.86. The third-order valence-electron chi connectivity index (χ3n) is 3.67. The van der Waals surface area contributed by atoms with Crippen molar-refractivity contribution in [2.75, 3.05) is 18.0 Å². The number of anilines is 1. The number of alkyl halides is 3. The number of halogens is 4. The molecule has 1 aromatic carbocycles. The zero-order valence-corrected chi connectivity index (χ0v) is 12.8. The molecule has 1 N–H and O–H groups in total. The topological polar surface area (TPSA) is 23.5 Å². The summed E-state index contributed by atoms with van der Waals surface area (Å²) < 4.78 is 39.9. The lowest BCUT2D eigenvalue weighted by molar-refractivity contribution is -0.137. The van der Waals surface area contributed by atoms with E-state index in [1.165, 1.54) is 12.1 Å². The fraction of sp³-hybridized carbons (Fsp3) is 0.571. The van der Waals surface area contributed by atoms with Crippen molar-refractivity contribution in [1.82, 2.24) is 0 Å². The maximum Gasteiger partial charge on any atom is 0.418 e. The number of rotatable bonds is 1. The first-order valence-corrected chi connectivity index (χ1v) is 7.32. The highest BCUT2D eigenvalue weighted by atomic mass is 79.9. The molecule has 1 aromatic rings. The van der Waals surface area contributed by atoms with E-state index in [0.717, 1.165) is 6.07 Å². The molecule has 1 atom stereocenters. The maximum absolute atomic E-state index is 13.1. The Kier molecular flexibility index (Phi) is 4.35. The molecule has 0 saturated carbocycles. The molecule has 2 nitrogen and oxygen atoms in total. The summed E-state index contributed by atoms with van der Waals surface area (Å²) in [5.74, 6) is 0. The van der Waals surface area contributed by atoms with Gasteiger partial charge in [-0.05, 0) is 44.4 Å². The Morgan fingerprint density at radius 2 is 1.95 bits per heavy atom. The first-order chi connectivity index (χ1) is 9.19. The lowest BCUT2D eigenvalue weighted by Crippen LogP contribution is -2.29. The van der Waals surface area contributed by atoms with Crippen molar-refractivity contribution in [2.24, 2.45) is 0 Å². The number of aliphatic hydroxyl groups is 1. The van der Waals surface area contributed by atoms with Crippen molar-refractivity contribution >= 4 is 21.6 Å². The summed E-state index contributed by atoms with van der Waals surface area (Å²) in [4.78, 5) is 1.72. The van der Waals surface area contributed by atoms with Gasteiger partial charge < -0.3 is 10.0 Å². The van der Waals surface area contributed by atoms with Crippen molar-refractivity contribution in [3.63, 3.8) is 0 Å². The lowest BCUT2D eigenvalue weighted by atomic mass is 9.98. The standard InChI is InChI=1S/C14H17BrF3NO/c1-13(20)5-2-7-19(8-6-13)12-9-10(15)3-4-11(12)14(16,17)18/h3-4,9,20H,2,5-8H2,1H3. The fourth-order valence-electron chi connectivity index (χ4n) is 2.51. The number of benzene rings is 1. The number of hydrogen-bond acceptors (Lipinski definition) is 2. The summed E-state index contributed by atoms with van der Waals surface area (Å²) in [6.45, 7) is 2.68. The molecule has 1 heterocycles. The molecule has 0 radical (unpaired) electrons. The monoisotopic (exact) mass is 351 g/mol. The van der Waals surface area contributed by atoms with Gasteiger partial charge in [0.25, 0.3) is 0 Å². The van der Waals surface area contributed by atoms with Gasteiger partial charge in [-0.15, -0.1) is 0 Å². The molecule has 1 aliphatic heterocycles. The van der Waals surface area contributed by atoms with E-state index in [1.54, 1.807) is 11.8 Å². The van der Waals surface area contributed by atoms with Crippen LogP contribution in [-0.4, -0.2) is 23.8 Å². The van der Waals surface area contributed by atoms with Gasteiger partial charge >= 0.3 is 6.18 Å². The van der Waals surface area contributed by atoms with E-state index in [4.69, 9.17) is 0 Å². The van der Waals surface area contributed by atoms with Crippen LogP contribution in [0.15, 0.2) is 22.7 Å². The molecule has 1 unspecified atom stereocenters. The van der Waals surface area contributed by atoms with E-state index in [2.05, 4.69) is 15.9 Å². The van der Waals surface area contributed by atoms with Crippen LogP contribution < -0.4 is 4.90 Å². The van der Waals surface area contributed by atoms with E-state index in [-0.39, 0.29) is 5.69 Å². The van der Waals surface area contributed by atoms with Gasteiger partial charge in [-0.25, -0.2) is 0 Å². The second-order valence-electron chi connectivity index (χ2n) is 5.50. The first-order valence-electron chi connectivity index (χ1n) is 6.53. The van der Waals surface area contributed by atoms with E-state index >= 15 is 0 Å². The van der Waals surface area contributed by atoms with Gasteiger partial charge in [-0.2, -0.15) is 13.2 Å². The molecular weight excluding hydrogens is 335 g/mol. The third-order valence-corrected chi connectivity index (χ3v) is 4.16. The summed E-state index contributed by atoms with van der Waals surface area (Å²) >= 11 is 3.23. The summed E-state index contributed by atoms with van der Waals surface area (Å²) in [5.41, 5.74) is -1.23. The van der Waals surface area contributed by atoms with Crippen LogP contribution in [0.5, 0.6) is 0 Å². The molecule has 6 heteroatoms. The van der Waals surface area contributed by atoms with Crippen molar-refractivity contribution in [2.45, 2.75) is 38.0 Å². The largest absolute Gasteiger partial charge is 0.418 e. The van der Waals surface area contributed by atoms with E-state index in [1.807, 2.05) is 0 Å². The zero-order chi connectivity index (χ0) is 15.0. The van der Waals surface area contributed by atoms with Gasteiger partial charge in [0.05, 0.1) is 16.9 Å². The van der Waals surface area contributed by atoms with Crippen LogP contribution in [-0.2, 0) is 6.18 Å². The van der Waals surface area contributed by atoms with Gasteiger partial charge in [0.2, 0.25) is 0 Å². The van der Waals surface area contributed by atoms with Gasteiger partial charge in [0.1, 0.15) is 0 Å². The maximum atomic E-state index is 13.1. The second kappa shape index (κ2) is 5.56. The number of nitrogens with zero attached hydrogens (tertiary/aromatic N) is 1. The van der Waals surface area contributed by atoms with Crippen molar-refractivity contribution < 1.29 is 18.3 Å². The highest BCUT2D eigenvalue weighted by Crippen LogP contribution is 2.39. The van der Waals surface area contributed by atoms with Crippen molar-refractivity contribution in [3.8, 4) is 0 Å². The third kappa shape index (κ3) is 3.67. The summed E-state index contributed by atoms with van der Waals surface area (Å²) in [6, 6.07) is 4.01. The van der Waals surface area contributed by atoms with Gasteiger partial charge in [-0.1, -0.05) is 15.9 Å². The molecule has 112 valence electrons. The zero-order valence-electron chi connectivity index (χ0n) is 11.2. The smallest absolute Gasteiger partial charge is 0.390 e. The van der Waals surface area contributed by atoms with Gasteiger partial charge in [0, 0.05) is 17.6 Å². The van der Waals surface area contributed by atoms with E-state index in [0.29, 0.717) is 36.8 Å². The van der Waals surface area contributed by atoms with Crippen LogP contribution in [0.1, 0.15) is 31.7 Å². The number of hydrogen-bond donors (Lipinski definition) is 1. The molecule has 0 aromatic heterocycles. The quantitative estimate of drug-likeness (QED) is 0.819. The Bertz CT molecular complexity index is 488. The highest BCUT2D eigenvalue weighted by molar-refractivity contribution is 9.10. The molecule has 2 rings (SSSR count). The SMILES string of the molecule is CC1(O)CCCN(c2cc(Br)ccc2C(F)(F)F)CC1. The van der Waals surface area contributed by atoms with Crippen LogP contribution in [0, 0.1) is 0 Å². The molecule has 20 heavy (non-hydrogen) atoms. The Morgan fingerprint density at radius 3 is 2.60 bits per heavy atom. The van der Waals surface area contributed by atoms with Crippen molar-refractivity contribution in [1.29, 1.82) is 0 Å². The molecule has 1 saturated heterocycles. The molecule has 0 aliphatic carbocycles. The van der Waals surface area contributed by atoms with Crippen LogP contribution in [0.25, 0.3) is 0 Å². The predicted molar refractivity (Wildman–Crippen MR) is 75.8 cm³/mol. The average molecular weight is 352 g/mol. The van der Waals surface area contributed by atoms with Gasteiger partial charge in [0.15, 0.2) is 0 Å². The van der Waals surface area contributed by atoms with Gasteiger partial charge in [-0.3, -0.25) is 0 Å².